The van der Waals surface area contributed by atoms with Gasteiger partial charge in [0.15, 0.2) is 0 Å². The maximum Gasteiger partial charge on any atom is 0.235 e. The lowest BCUT2D eigenvalue weighted by atomic mass is 10.1. The van der Waals surface area contributed by atoms with E-state index in [4.69, 9.17) is 5.73 Å². The van der Waals surface area contributed by atoms with Crippen LogP contribution in [0.5, 0.6) is 0 Å². The van der Waals surface area contributed by atoms with E-state index in [2.05, 4.69) is 17.6 Å². The van der Waals surface area contributed by atoms with Crippen LogP contribution in [0.3, 0.4) is 0 Å². The number of amides is 1. The van der Waals surface area contributed by atoms with Gasteiger partial charge in [-0.25, -0.2) is 5.01 Å². The smallest absolute Gasteiger partial charge is 0.235 e. The molecule has 16 heavy (non-hydrogen) atoms. The predicted octanol–water partition coefficient (Wildman–Crippen LogP) is 0.771. The summed E-state index contributed by atoms with van der Waals surface area (Å²) in [7, 11) is 0. The van der Waals surface area contributed by atoms with E-state index in [1.54, 1.807) is 0 Å². The van der Waals surface area contributed by atoms with Gasteiger partial charge in [0.2, 0.25) is 5.91 Å². The second kappa shape index (κ2) is 4.63. The summed E-state index contributed by atoms with van der Waals surface area (Å²) in [5.41, 5.74) is 10.7. The van der Waals surface area contributed by atoms with Crippen LogP contribution < -0.4 is 11.2 Å². The van der Waals surface area contributed by atoms with E-state index in [0.717, 1.165) is 12.1 Å². The molecule has 0 aromatic heterocycles. The zero-order chi connectivity index (χ0) is 11.5. The van der Waals surface area contributed by atoms with Crippen molar-refractivity contribution in [2.45, 2.75) is 32.5 Å². The molecular formula is C12H17N3O. The number of benzene rings is 1. The second-order valence-electron chi connectivity index (χ2n) is 4.24. The van der Waals surface area contributed by atoms with Crippen molar-refractivity contribution in [3.63, 3.8) is 0 Å². The zero-order valence-electron chi connectivity index (χ0n) is 9.44. The first-order valence-corrected chi connectivity index (χ1v) is 5.53. The Morgan fingerprint density at radius 2 is 2.00 bits per heavy atom. The Kier molecular flexibility index (Phi) is 3.22. The SMILES string of the molecule is CC1CC(=O)NN1Cc1ccc(CN)cc1. The molecule has 1 saturated heterocycles. The van der Waals surface area contributed by atoms with Crippen LogP contribution in [0.2, 0.25) is 0 Å². The molecule has 1 fully saturated rings. The first kappa shape index (κ1) is 11.1. The lowest BCUT2D eigenvalue weighted by Gasteiger charge is -2.20. The molecule has 86 valence electrons. The number of hydrazine groups is 1. The molecule has 3 N–H and O–H groups in total. The van der Waals surface area contributed by atoms with Crippen LogP contribution in [0, 0.1) is 0 Å². The molecular weight excluding hydrogens is 202 g/mol. The summed E-state index contributed by atoms with van der Waals surface area (Å²) in [6.07, 6.45) is 0.584. The standard InChI is InChI=1S/C12H17N3O/c1-9-6-12(16)14-15(9)8-11-4-2-10(7-13)3-5-11/h2-5,9H,6-8,13H2,1H3,(H,14,16). The van der Waals surface area contributed by atoms with Crippen LogP contribution >= 0.6 is 0 Å². The molecule has 1 heterocycles. The quantitative estimate of drug-likeness (QED) is 0.789. The Balaban J connectivity index is 2.00. The molecule has 1 aliphatic heterocycles. The van der Waals surface area contributed by atoms with Gasteiger partial charge in [0, 0.05) is 25.6 Å². The summed E-state index contributed by atoms with van der Waals surface area (Å²) in [4.78, 5) is 11.2. The van der Waals surface area contributed by atoms with E-state index in [-0.39, 0.29) is 11.9 Å². The maximum atomic E-state index is 11.2. The van der Waals surface area contributed by atoms with Gasteiger partial charge in [-0.2, -0.15) is 0 Å². The minimum Gasteiger partial charge on any atom is -0.326 e. The minimum atomic E-state index is 0.103. The number of hydrogen-bond donors (Lipinski definition) is 2. The molecule has 4 heteroatoms. The van der Waals surface area contributed by atoms with E-state index in [0.29, 0.717) is 13.0 Å². The van der Waals surface area contributed by atoms with Crippen molar-refractivity contribution in [1.82, 2.24) is 10.4 Å². The van der Waals surface area contributed by atoms with E-state index in [1.807, 2.05) is 24.1 Å². The largest absolute Gasteiger partial charge is 0.326 e. The molecule has 1 unspecified atom stereocenters. The number of rotatable bonds is 3. The Morgan fingerprint density at radius 3 is 2.50 bits per heavy atom. The number of nitrogens with zero attached hydrogens (tertiary/aromatic N) is 1. The zero-order valence-corrected chi connectivity index (χ0v) is 9.44. The van der Waals surface area contributed by atoms with Gasteiger partial charge >= 0.3 is 0 Å². The fraction of sp³-hybridized carbons (Fsp3) is 0.417. The van der Waals surface area contributed by atoms with E-state index in [9.17, 15) is 4.79 Å². The normalized spacial score (nSPS) is 21.1. The summed E-state index contributed by atoms with van der Waals surface area (Å²) in [6.45, 7) is 3.36. The summed E-state index contributed by atoms with van der Waals surface area (Å²) >= 11 is 0. The molecule has 0 aliphatic carbocycles. The Bertz CT molecular complexity index is 374. The van der Waals surface area contributed by atoms with Gasteiger partial charge in [-0.3, -0.25) is 10.2 Å². The molecule has 1 aliphatic rings. The van der Waals surface area contributed by atoms with Crippen LogP contribution in [-0.2, 0) is 17.9 Å². The molecule has 1 atom stereocenters. The summed E-state index contributed by atoms with van der Waals surface area (Å²) in [5.74, 6) is 0.103. The highest BCUT2D eigenvalue weighted by Gasteiger charge is 2.25. The maximum absolute atomic E-state index is 11.2. The molecule has 1 aromatic rings. The lowest BCUT2D eigenvalue weighted by Crippen LogP contribution is -2.36. The molecule has 1 aromatic carbocycles. The van der Waals surface area contributed by atoms with Gasteiger partial charge in [-0.1, -0.05) is 24.3 Å². The third kappa shape index (κ3) is 2.40. The van der Waals surface area contributed by atoms with E-state index in [1.165, 1.54) is 5.56 Å². The van der Waals surface area contributed by atoms with Crippen molar-refractivity contribution < 1.29 is 4.79 Å². The predicted molar refractivity (Wildman–Crippen MR) is 62.1 cm³/mol. The molecule has 0 bridgehead atoms. The van der Waals surface area contributed by atoms with Gasteiger partial charge in [-0.05, 0) is 18.1 Å². The Labute approximate surface area is 95.4 Å². The van der Waals surface area contributed by atoms with Crippen LogP contribution in [0.15, 0.2) is 24.3 Å². The van der Waals surface area contributed by atoms with Crippen LogP contribution in [-0.4, -0.2) is 17.0 Å². The third-order valence-electron chi connectivity index (χ3n) is 2.89. The summed E-state index contributed by atoms with van der Waals surface area (Å²) in [5, 5.41) is 1.97. The number of nitrogens with two attached hydrogens (primary N) is 1. The molecule has 0 radical (unpaired) electrons. The topological polar surface area (TPSA) is 58.4 Å². The van der Waals surface area contributed by atoms with Gasteiger partial charge in [0.1, 0.15) is 0 Å². The molecule has 0 spiro atoms. The average Bonchev–Trinajstić information content (AvgIpc) is 2.59. The van der Waals surface area contributed by atoms with Crippen LogP contribution in [0.4, 0.5) is 0 Å². The van der Waals surface area contributed by atoms with Gasteiger partial charge < -0.3 is 5.73 Å². The summed E-state index contributed by atoms with van der Waals surface area (Å²) in [6, 6.07) is 8.43. The second-order valence-corrected chi connectivity index (χ2v) is 4.24. The highest BCUT2D eigenvalue weighted by molar-refractivity contribution is 5.77. The first-order chi connectivity index (χ1) is 7.69. The lowest BCUT2D eigenvalue weighted by molar-refractivity contribution is -0.121. The van der Waals surface area contributed by atoms with Crippen LogP contribution in [0.1, 0.15) is 24.5 Å². The fourth-order valence-corrected chi connectivity index (χ4v) is 1.87. The van der Waals surface area contributed by atoms with Crippen LogP contribution in [0.25, 0.3) is 0 Å². The Morgan fingerprint density at radius 1 is 1.38 bits per heavy atom. The van der Waals surface area contributed by atoms with E-state index >= 15 is 0 Å². The molecule has 0 saturated carbocycles. The molecule has 4 nitrogen and oxygen atoms in total. The molecule has 2 rings (SSSR count). The van der Waals surface area contributed by atoms with Gasteiger partial charge in [0.05, 0.1) is 0 Å². The van der Waals surface area contributed by atoms with Crippen molar-refractivity contribution >= 4 is 5.91 Å². The van der Waals surface area contributed by atoms with Crippen molar-refractivity contribution in [3.8, 4) is 0 Å². The molecule has 1 amide bonds. The average molecular weight is 219 g/mol. The number of carbonyl (C=O) groups is 1. The number of nitrogens with one attached hydrogen (secondary N) is 1. The highest BCUT2D eigenvalue weighted by atomic mass is 16.2. The van der Waals surface area contributed by atoms with Gasteiger partial charge in [-0.15, -0.1) is 0 Å². The van der Waals surface area contributed by atoms with E-state index < -0.39 is 0 Å². The number of carbonyl (C=O) groups excluding carboxylic acids is 1. The van der Waals surface area contributed by atoms with Gasteiger partial charge in [0.25, 0.3) is 0 Å². The van der Waals surface area contributed by atoms with Crippen molar-refractivity contribution in [1.29, 1.82) is 0 Å². The monoisotopic (exact) mass is 219 g/mol. The van der Waals surface area contributed by atoms with Crippen molar-refractivity contribution in [2.75, 3.05) is 0 Å². The third-order valence-corrected chi connectivity index (χ3v) is 2.89. The fourth-order valence-electron chi connectivity index (χ4n) is 1.87. The minimum absolute atomic E-state index is 0.103. The van der Waals surface area contributed by atoms with Crippen molar-refractivity contribution in [2.24, 2.45) is 5.73 Å². The summed E-state index contributed by atoms with van der Waals surface area (Å²) < 4.78 is 0. The number of hydrogen-bond acceptors (Lipinski definition) is 3. The first-order valence-electron chi connectivity index (χ1n) is 5.53. The highest BCUT2D eigenvalue weighted by Crippen LogP contribution is 2.14. The van der Waals surface area contributed by atoms with Crippen molar-refractivity contribution in [3.05, 3.63) is 35.4 Å². The Hall–Kier alpha value is -1.39.